The Kier molecular flexibility index (Phi) is 6.20. The van der Waals surface area contributed by atoms with Crippen LogP contribution in [0.3, 0.4) is 0 Å². The molecule has 8 heteroatoms. The van der Waals surface area contributed by atoms with Crippen molar-refractivity contribution in [3.63, 3.8) is 0 Å². The number of esters is 1. The maximum absolute atomic E-state index is 11.3. The first-order valence-electron chi connectivity index (χ1n) is 5.81. The van der Waals surface area contributed by atoms with Gasteiger partial charge in [0.2, 0.25) is 0 Å². The molecule has 7 nitrogen and oxygen atoms in total. The molecule has 1 N–H and O–H groups in total. The number of halogens is 1. The number of hydrogen-bond donors (Lipinski definition) is 1. The highest BCUT2D eigenvalue weighted by Crippen LogP contribution is 2.28. The van der Waals surface area contributed by atoms with E-state index in [0.29, 0.717) is 6.42 Å². The van der Waals surface area contributed by atoms with Crippen LogP contribution in [0, 0.1) is 10.1 Å². The van der Waals surface area contributed by atoms with Gasteiger partial charge in [-0.05, 0) is 13.1 Å². The number of nitrogens with zero attached hydrogens (tertiary/aromatic N) is 1. The molecule has 1 aromatic carbocycles. The predicted molar refractivity (Wildman–Crippen MR) is 73.1 cm³/mol. The molecule has 0 heterocycles. The van der Waals surface area contributed by atoms with Crippen molar-refractivity contribution in [2.45, 2.75) is 12.5 Å². The van der Waals surface area contributed by atoms with Gasteiger partial charge in [0.25, 0.3) is 5.69 Å². The van der Waals surface area contributed by atoms with Crippen LogP contribution < -0.4 is 10.1 Å². The molecule has 0 aromatic heterocycles. The van der Waals surface area contributed by atoms with Gasteiger partial charge in [-0.3, -0.25) is 14.9 Å². The van der Waals surface area contributed by atoms with E-state index in [1.54, 1.807) is 7.05 Å². The average Bonchev–Trinajstić information content (AvgIpc) is 2.44. The van der Waals surface area contributed by atoms with Crippen molar-refractivity contribution in [2.24, 2.45) is 0 Å². The predicted octanol–water partition coefficient (Wildman–Crippen LogP) is 1.78. The van der Waals surface area contributed by atoms with Crippen LogP contribution in [0.1, 0.15) is 6.42 Å². The quantitative estimate of drug-likeness (QED) is 0.469. The number of hydrogen-bond acceptors (Lipinski definition) is 6. The molecular weight excluding hydrogens is 288 g/mol. The number of methoxy groups -OCH3 is 1. The summed E-state index contributed by atoms with van der Waals surface area (Å²) >= 11 is 5.89. The number of benzene rings is 1. The molecule has 20 heavy (non-hydrogen) atoms. The second kappa shape index (κ2) is 7.66. The highest BCUT2D eigenvalue weighted by atomic mass is 35.5. The Labute approximate surface area is 121 Å². The van der Waals surface area contributed by atoms with Crippen LogP contribution in [0.25, 0.3) is 0 Å². The molecule has 0 aliphatic heterocycles. The number of nitrogens with one attached hydrogen (secondary N) is 1. The smallest absolute Gasteiger partial charge is 0.322 e. The van der Waals surface area contributed by atoms with Gasteiger partial charge < -0.3 is 14.8 Å². The lowest BCUT2D eigenvalue weighted by molar-refractivity contribution is -0.384. The number of ether oxygens (including phenoxy) is 2. The lowest BCUT2D eigenvalue weighted by Gasteiger charge is -2.14. The normalized spacial score (nSPS) is 11.8. The SMILES string of the molecule is CNC(CCOc1cc([N+](=O)[O-])ccc1Cl)C(=O)OC. The molecule has 0 spiro atoms. The molecule has 1 aromatic rings. The van der Waals surface area contributed by atoms with Crippen LogP contribution in [-0.4, -0.2) is 37.7 Å². The summed E-state index contributed by atoms with van der Waals surface area (Å²) in [6, 6.07) is 3.43. The van der Waals surface area contributed by atoms with Gasteiger partial charge in [-0.15, -0.1) is 0 Å². The molecule has 1 atom stereocenters. The molecule has 0 saturated heterocycles. The van der Waals surface area contributed by atoms with E-state index in [2.05, 4.69) is 10.1 Å². The molecule has 0 amide bonds. The van der Waals surface area contributed by atoms with E-state index in [-0.39, 0.29) is 23.1 Å². The Hall–Kier alpha value is -1.86. The fourth-order valence-electron chi connectivity index (χ4n) is 1.53. The number of rotatable bonds is 7. The molecule has 110 valence electrons. The van der Waals surface area contributed by atoms with Crippen LogP contribution in [0.15, 0.2) is 18.2 Å². The third kappa shape index (κ3) is 4.36. The van der Waals surface area contributed by atoms with Gasteiger partial charge >= 0.3 is 5.97 Å². The topological polar surface area (TPSA) is 90.7 Å². The zero-order chi connectivity index (χ0) is 15.1. The van der Waals surface area contributed by atoms with Crippen molar-refractivity contribution in [1.29, 1.82) is 0 Å². The van der Waals surface area contributed by atoms with Crippen molar-refractivity contribution >= 4 is 23.3 Å². The molecule has 0 bridgehead atoms. The summed E-state index contributed by atoms with van der Waals surface area (Å²) in [5.74, 6) is -0.193. The zero-order valence-corrected chi connectivity index (χ0v) is 11.8. The van der Waals surface area contributed by atoms with E-state index in [1.807, 2.05) is 0 Å². The monoisotopic (exact) mass is 302 g/mol. The summed E-state index contributed by atoms with van der Waals surface area (Å²) in [6.45, 7) is 0.168. The van der Waals surface area contributed by atoms with Gasteiger partial charge in [-0.1, -0.05) is 11.6 Å². The number of likely N-dealkylation sites (N-methyl/N-ethyl adjacent to an activating group) is 1. The van der Waals surface area contributed by atoms with Crippen molar-refractivity contribution in [3.8, 4) is 5.75 Å². The molecule has 0 radical (unpaired) electrons. The molecule has 0 saturated carbocycles. The minimum Gasteiger partial charge on any atom is -0.492 e. The maximum Gasteiger partial charge on any atom is 0.322 e. The van der Waals surface area contributed by atoms with Gasteiger partial charge in [-0.25, -0.2) is 0 Å². The van der Waals surface area contributed by atoms with E-state index in [4.69, 9.17) is 16.3 Å². The van der Waals surface area contributed by atoms with Crippen LogP contribution in [0.4, 0.5) is 5.69 Å². The van der Waals surface area contributed by atoms with E-state index >= 15 is 0 Å². The minimum absolute atomic E-state index is 0.109. The first-order valence-corrected chi connectivity index (χ1v) is 6.19. The summed E-state index contributed by atoms with van der Waals surface area (Å²) in [7, 11) is 2.92. The summed E-state index contributed by atoms with van der Waals surface area (Å²) in [6.07, 6.45) is 0.349. The Morgan fingerprint density at radius 1 is 1.55 bits per heavy atom. The summed E-state index contributed by atoms with van der Waals surface area (Å²) in [5, 5.41) is 13.7. The van der Waals surface area contributed by atoms with Crippen molar-refractivity contribution in [3.05, 3.63) is 33.3 Å². The maximum atomic E-state index is 11.3. The molecule has 1 rings (SSSR count). The van der Waals surface area contributed by atoms with E-state index < -0.39 is 16.9 Å². The average molecular weight is 303 g/mol. The molecule has 1 unspecified atom stereocenters. The lowest BCUT2D eigenvalue weighted by atomic mass is 10.2. The zero-order valence-electron chi connectivity index (χ0n) is 11.1. The van der Waals surface area contributed by atoms with Gasteiger partial charge in [0.05, 0.1) is 29.7 Å². The van der Waals surface area contributed by atoms with Gasteiger partial charge in [-0.2, -0.15) is 0 Å². The molecule has 0 fully saturated rings. The standard InChI is InChI=1S/C12H15ClN2O5/c1-14-10(12(16)19-2)5-6-20-11-7-8(15(17)18)3-4-9(11)13/h3-4,7,10,14H,5-6H2,1-2H3. The number of non-ortho nitro benzene ring substituents is 1. The lowest BCUT2D eigenvalue weighted by Crippen LogP contribution is -2.36. The van der Waals surface area contributed by atoms with Crippen LogP contribution >= 0.6 is 11.6 Å². The van der Waals surface area contributed by atoms with Gasteiger partial charge in [0.15, 0.2) is 0 Å². The summed E-state index contributed by atoms with van der Waals surface area (Å²) < 4.78 is 9.98. The number of carbonyl (C=O) groups excluding carboxylic acids is 1. The van der Waals surface area contributed by atoms with E-state index in [9.17, 15) is 14.9 Å². The van der Waals surface area contributed by atoms with Crippen LogP contribution in [0.5, 0.6) is 5.75 Å². The van der Waals surface area contributed by atoms with Crippen molar-refractivity contribution in [1.82, 2.24) is 5.32 Å². The van der Waals surface area contributed by atoms with E-state index in [0.717, 1.165) is 0 Å². The first kappa shape index (κ1) is 16.2. The fourth-order valence-corrected chi connectivity index (χ4v) is 1.70. The number of nitro groups is 1. The third-order valence-corrected chi connectivity index (χ3v) is 2.94. The Balaban J connectivity index is 2.63. The van der Waals surface area contributed by atoms with Crippen molar-refractivity contribution in [2.75, 3.05) is 20.8 Å². The minimum atomic E-state index is -0.534. The second-order valence-corrected chi connectivity index (χ2v) is 4.28. The summed E-state index contributed by atoms with van der Waals surface area (Å²) in [4.78, 5) is 21.5. The molecular formula is C12H15ClN2O5. The highest BCUT2D eigenvalue weighted by Gasteiger charge is 2.17. The van der Waals surface area contributed by atoms with Gasteiger partial charge in [0, 0.05) is 12.5 Å². The van der Waals surface area contributed by atoms with Crippen LogP contribution in [-0.2, 0) is 9.53 Å². The Morgan fingerprint density at radius 3 is 2.80 bits per heavy atom. The number of carbonyl (C=O) groups is 1. The summed E-state index contributed by atoms with van der Waals surface area (Å²) in [5.41, 5.74) is -0.109. The third-order valence-electron chi connectivity index (χ3n) is 2.62. The largest absolute Gasteiger partial charge is 0.492 e. The van der Waals surface area contributed by atoms with Crippen LogP contribution in [0.2, 0.25) is 5.02 Å². The van der Waals surface area contributed by atoms with E-state index in [1.165, 1.54) is 25.3 Å². The fraction of sp³-hybridized carbons (Fsp3) is 0.417. The highest BCUT2D eigenvalue weighted by molar-refractivity contribution is 6.32. The molecule has 0 aliphatic rings. The molecule has 0 aliphatic carbocycles. The van der Waals surface area contributed by atoms with Gasteiger partial charge in [0.1, 0.15) is 11.8 Å². The van der Waals surface area contributed by atoms with Crippen molar-refractivity contribution < 1.29 is 19.2 Å². The number of nitro benzene ring substituents is 1. The second-order valence-electron chi connectivity index (χ2n) is 3.87. The first-order chi connectivity index (χ1) is 9.49. The Morgan fingerprint density at radius 2 is 2.25 bits per heavy atom. The Bertz CT molecular complexity index is 495.